The maximum Gasteiger partial charge on any atom is 1.00 e. The maximum atomic E-state index is 12.9. The molecule has 0 radical (unpaired) electrons. The summed E-state index contributed by atoms with van der Waals surface area (Å²) in [6.07, 6.45) is 0.505. The summed E-state index contributed by atoms with van der Waals surface area (Å²) >= 11 is 2.56. The number of aliphatic carboxylic acids is 1. The van der Waals surface area contributed by atoms with E-state index in [1.165, 1.54) is 45.0 Å². The Hall–Kier alpha value is -2.12. The SMILES string of the molecule is Cc1nnc(SC2=C(C(=O)[O-])N3C(=O)[C@@H]4[C@H]3C2CCN4C(=O)Nc2ccc(O)cc2)s1.[Na+]. The number of thioether (sulfide) groups is 1. The number of hydrogen-bond donors (Lipinski definition) is 2. The molecule has 3 amide bonds. The molecule has 2 saturated heterocycles. The monoisotopic (exact) mass is 481 g/mol. The third-order valence-electron chi connectivity index (χ3n) is 5.63. The zero-order valence-electron chi connectivity index (χ0n) is 17.1. The number of rotatable bonds is 4. The fourth-order valence-corrected chi connectivity index (χ4v) is 6.52. The van der Waals surface area contributed by atoms with Gasteiger partial charge in [0, 0.05) is 23.1 Å². The summed E-state index contributed by atoms with van der Waals surface area (Å²) in [5.74, 6) is -1.97. The normalized spacial score (nSPS) is 23.4. The van der Waals surface area contributed by atoms with Gasteiger partial charge >= 0.3 is 35.6 Å². The zero-order chi connectivity index (χ0) is 21.9. The van der Waals surface area contributed by atoms with Crippen molar-refractivity contribution in [3.63, 3.8) is 0 Å². The average Bonchev–Trinajstić information content (AvgIpc) is 3.29. The molecule has 0 bridgehead atoms. The molecular weight excluding hydrogens is 465 g/mol. The Labute approximate surface area is 213 Å². The summed E-state index contributed by atoms with van der Waals surface area (Å²) in [6.45, 7) is 2.11. The standard InChI is InChI=1S/C19H17N5O5S2.Na/c1-8-21-22-19(30-8)31-15-11-6-7-23(18(29)20-9-2-4-10(25)5-3-9)13-12(11)24(16(13)26)14(15)17(27)28;/h2-5,11-13,25H,6-7H2,1H3,(H,20,29)(H,27,28);/q;+1/p-1/t11?,12-,13+;/m1./s1. The van der Waals surface area contributed by atoms with Gasteiger partial charge in [-0.15, -0.1) is 10.2 Å². The van der Waals surface area contributed by atoms with Gasteiger partial charge in [0.15, 0.2) is 4.34 Å². The quantitative estimate of drug-likeness (QED) is 0.284. The van der Waals surface area contributed by atoms with Gasteiger partial charge < -0.3 is 30.1 Å². The molecule has 5 rings (SSSR count). The molecule has 2 aromatic rings. The van der Waals surface area contributed by atoms with Crippen molar-refractivity contribution in [3.05, 3.63) is 39.9 Å². The second-order valence-electron chi connectivity index (χ2n) is 7.40. The number of carboxylic acid groups (broad SMARTS) is 1. The fourth-order valence-electron chi connectivity index (χ4n) is 4.34. The number of phenols is 1. The molecule has 0 saturated carbocycles. The first-order valence-electron chi connectivity index (χ1n) is 9.48. The number of aryl methyl sites for hydroxylation is 1. The van der Waals surface area contributed by atoms with Crippen LogP contribution in [0.4, 0.5) is 10.5 Å². The van der Waals surface area contributed by atoms with E-state index in [1.54, 1.807) is 12.1 Å². The number of phenolic OH excluding ortho intramolecular Hbond substituents is 1. The van der Waals surface area contributed by atoms with Crippen molar-refractivity contribution in [2.24, 2.45) is 5.92 Å². The molecule has 3 aliphatic rings. The molecule has 0 aliphatic carbocycles. The summed E-state index contributed by atoms with van der Waals surface area (Å²) in [7, 11) is 0. The van der Waals surface area contributed by atoms with Crippen LogP contribution in [0, 0.1) is 12.8 Å². The second-order valence-corrected chi connectivity index (χ2v) is 9.87. The molecule has 160 valence electrons. The van der Waals surface area contributed by atoms with E-state index >= 15 is 0 Å². The molecule has 2 N–H and O–H groups in total. The first-order chi connectivity index (χ1) is 14.8. The van der Waals surface area contributed by atoms with Crippen LogP contribution in [0.2, 0.25) is 0 Å². The number of carboxylic acids is 1. The van der Waals surface area contributed by atoms with Gasteiger partial charge in [0.1, 0.15) is 16.8 Å². The number of benzene rings is 1. The summed E-state index contributed by atoms with van der Waals surface area (Å²) < 4.78 is 0.602. The summed E-state index contributed by atoms with van der Waals surface area (Å²) in [5.41, 5.74) is 0.353. The van der Waals surface area contributed by atoms with Crippen LogP contribution in [-0.2, 0) is 9.59 Å². The van der Waals surface area contributed by atoms with Gasteiger partial charge in [0.05, 0.1) is 17.7 Å². The number of carbonyl (C=O) groups excluding carboxylic acids is 3. The summed E-state index contributed by atoms with van der Waals surface area (Å²) in [6, 6.07) is 4.39. The van der Waals surface area contributed by atoms with E-state index in [2.05, 4.69) is 15.5 Å². The fraction of sp³-hybridized carbons (Fsp3) is 0.316. The number of carbonyl (C=O) groups is 3. The van der Waals surface area contributed by atoms with Crippen molar-refractivity contribution in [2.75, 3.05) is 11.9 Å². The number of amides is 3. The molecule has 10 nitrogen and oxygen atoms in total. The van der Waals surface area contributed by atoms with Gasteiger partial charge in [-0.05, 0) is 37.6 Å². The van der Waals surface area contributed by atoms with E-state index in [0.29, 0.717) is 27.9 Å². The van der Waals surface area contributed by atoms with Gasteiger partial charge in [-0.1, -0.05) is 23.1 Å². The van der Waals surface area contributed by atoms with Crippen LogP contribution in [0.5, 0.6) is 5.75 Å². The molecule has 1 unspecified atom stereocenters. The molecular formula is C19H16N5NaO5S2. The molecule has 4 heterocycles. The van der Waals surface area contributed by atoms with Crippen LogP contribution in [0.1, 0.15) is 11.4 Å². The molecule has 2 fully saturated rings. The van der Waals surface area contributed by atoms with Gasteiger partial charge in [0.25, 0.3) is 5.91 Å². The van der Waals surface area contributed by atoms with Crippen LogP contribution >= 0.6 is 23.1 Å². The summed E-state index contributed by atoms with van der Waals surface area (Å²) in [4.78, 5) is 40.9. The molecule has 13 heteroatoms. The number of β-lactam (4-membered cyclic amide) rings is 1. The van der Waals surface area contributed by atoms with Crippen LogP contribution in [0.3, 0.4) is 0 Å². The molecule has 3 atom stereocenters. The number of aromatic nitrogens is 2. The zero-order valence-corrected chi connectivity index (χ0v) is 20.8. The Kier molecular flexibility index (Phi) is 6.25. The van der Waals surface area contributed by atoms with Gasteiger partial charge in [-0.2, -0.15) is 0 Å². The number of aromatic hydroxyl groups is 1. The van der Waals surface area contributed by atoms with E-state index in [0.717, 1.165) is 5.01 Å². The van der Waals surface area contributed by atoms with Crippen molar-refractivity contribution in [1.29, 1.82) is 0 Å². The minimum atomic E-state index is -1.41. The van der Waals surface area contributed by atoms with Crippen molar-refractivity contribution < 1.29 is 54.2 Å². The number of piperidine rings is 1. The molecule has 3 aliphatic heterocycles. The Morgan fingerprint density at radius 1 is 1.28 bits per heavy atom. The van der Waals surface area contributed by atoms with Crippen molar-refractivity contribution in [1.82, 2.24) is 20.0 Å². The third-order valence-corrected chi connectivity index (χ3v) is 7.74. The number of nitrogens with one attached hydrogen (secondary N) is 1. The molecule has 32 heavy (non-hydrogen) atoms. The van der Waals surface area contributed by atoms with Crippen molar-refractivity contribution in [3.8, 4) is 5.75 Å². The average molecular weight is 481 g/mol. The van der Waals surface area contributed by atoms with Crippen LogP contribution in [0.25, 0.3) is 0 Å². The Morgan fingerprint density at radius 2 is 2.00 bits per heavy atom. The number of urea groups is 1. The maximum absolute atomic E-state index is 12.9. The van der Waals surface area contributed by atoms with E-state index in [9.17, 15) is 24.6 Å². The van der Waals surface area contributed by atoms with Crippen molar-refractivity contribution in [2.45, 2.75) is 29.8 Å². The van der Waals surface area contributed by atoms with Gasteiger partial charge in [-0.3, -0.25) is 4.79 Å². The van der Waals surface area contributed by atoms with Gasteiger partial charge in [0.2, 0.25) is 0 Å². The van der Waals surface area contributed by atoms with Crippen LogP contribution in [0.15, 0.2) is 39.2 Å². The number of likely N-dealkylation sites (tertiary alicyclic amines) is 1. The molecule has 1 aromatic heterocycles. The Morgan fingerprint density at radius 3 is 2.62 bits per heavy atom. The van der Waals surface area contributed by atoms with Crippen LogP contribution < -0.4 is 40.0 Å². The van der Waals surface area contributed by atoms with E-state index in [4.69, 9.17) is 0 Å². The summed E-state index contributed by atoms with van der Waals surface area (Å²) in [5, 5.41) is 32.8. The predicted molar refractivity (Wildman–Crippen MR) is 109 cm³/mol. The smallest absolute Gasteiger partial charge is 0.543 e. The van der Waals surface area contributed by atoms with Gasteiger partial charge in [-0.25, -0.2) is 4.79 Å². The minimum Gasteiger partial charge on any atom is -0.543 e. The first kappa shape index (κ1) is 23.1. The molecule has 0 spiro atoms. The minimum absolute atomic E-state index is 0. The van der Waals surface area contributed by atoms with E-state index in [1.807, 2.05) is 6.92 Å². The number of anilines is 1. The Balaban J connectivity index is 0.00000245. The molecule has 1 aromatic carbocycles. The predicted octanol–water partition coefficient (Wildman–Crippen LogP) is -2.24. The largest absolute Gasteiger partial charge is 1.00 e. The first-order valence-corrected chi connectivity index (χ1v) is 11.1. The Bertz CT molecular complexity index is 1140. The second kappa shape index (κ2) is 8.67. The topological polar surface area (TPSA) is 139 Å². The third kappa shape index (κ3) is 3.69. The number of hydrogen-bond acceptors (Lipinski definition) is 9. The number of nitrogens with zero attached hydrogens (tertiary/aromatic N) is 4. The van der Waals surface area contributed by atoms with E-state index < -0.39 is 30.0 Å². The van der Waals surface area contributed by atoms with Crippen molar-refractivity contribution >= 4 is 46.7 Å². The van der Waals surface area contributed by atoms with E-state index in [-0.39, 0.29) is 46.9 Å². The van der Waals surface area contributed by atoms with Crippen LogP contribution in [-0.4, -0.2) is 61.6 Å².